The highest BCUT2D eigenvalue weighted by Gasteiger charge is 2.14. The summed E-state index contributed by atoms with van der Waals surface area (Å²) < 4.78 is 16.4. The SMILES string of the molecule is C(CN(CCCN1CCOCC1)CCCN1CCOCC1)CN1CCOCC1. The minimum atomic E-state index is 0.906. The van der Waals surface area contributed by atoms with Gasteiger partial charge in [-0.3, -0.25) is 14.7 Å². The highest BCUT2D eigenvalue weighted by molar-refractivity contribution is 4.69. The van der Waals surface area contributed by atoms with E-state index in [0.29, 0.717) is 0 Å². The fourth-order valence-corrected chi connectivity index (χ4v) is 4.36. The molecule has 0 aromatic rings. The lowest BCUT2D eigenvalue weighted by molar-refractivity contribution is 0.0319. The molecule has 0 aromatic carbocycles. The fourth-order valence-electron chi connectivity index (χ4n) is 4.36. The molecule has 3 rings (SSSR count). The molecule has 0 radical (unpaired) electrons. The molecule has 0 aromatic heterocycles. The average molecular weight is 399 g/mol. The second kappa shape index (κ2) is 13.9. The number of hydrogen-bond donors (Lipinski definition) is 0. The highest BCUT2D eigenvalue weighted by atomic mass is 16.5. The van der Waals surface area contributed by atoms with E-state index in [1.165, 1.54) is 58.5 Å². The van der Waals surface area contributed by atoms with Crippen LogP contribution < -0.4 is 0 Å². The predicted octanol–water partition coefficient (Wildman–Crippen LogP) is 0.455. The summed E-state index contributed by atoms with van der Waals surface area (Å²) in [5.74, 6) is 0. The van der Waals surface area contributed by atoms with Crippen molar-refractivity contribution in [1.29, 1.82) is 0 Å². The third kappa shape index (κ3) is 9.03. The van der Waals surface area contributed by atoms with Gasteiger partial charge in [0.1, 0.15) is 0 Å². The molecule has 0 atom stereocenters. The Morgan fingerprint density at radius 1 is 0.464 bits per heavy atom. The van der Waals surface area contributed by atoms with Gasteiger partial charge in [-0.05, 0) is 58.5 Å². The van der Waals surface area contributed by atoms with Gasteiger partial charge in [0.05, 0.1) is 39.6 Å². The van der Waals surface area contributed by atoms with E-state index >= 15 is 0 Å². The first-order chi connectivity index (χ1) is 13.9. The van der Waals surface area contributed by atoms with Crippen LogP contribution in [0.25, 0.3) is 0 Å². The summed E-state index contributed by atoms with van der Waals surface area (Å²) in [6.45, 7) is 19.4. The van der Waals surface area contributed by atoms with Gasteiger partial charge < -0.3 is 19.1 Å². The summed E-state index contributed by atoms with van der Waals surface area (Å²) >= 11 is 0. The summed E-state index contributed by atoms with van der Waals surface area (Å²) in [6.07, 6.45) is 3.82. The van der Waals surface area contributed by atoms with Gasteiger partial charge >= 0.3 is 0 Å². The Morgan fingerprint density at radius 2 is 0.750 bits per heavy atom. The quantitative estimate of drug-likeness (QED) is 0.473. The smallest absolute Gasteiger partial charge is 0.0594 e. The van der Waals surface area contributed by atoms with Crippen LogP contribution in [0.4, 0.5) is 0 Å². The lowest BCUT2D eigenvalue weighted by Crippen LogP contribution is -2.40. The van der Waals surface area contributed by atoms with E-state index < -0.39 is 0 Å². The Hall–Kier alpha value is -0.280. The Morgan fingerprint density at radius 3 is 1.04 bits per heavy atom. The van der Waals surface area contributed by atoms with Crippen LogP contribution in [0.3, 0.4) is 0 Å². The van der Waals surface area contributed by atoms with Gasteiger partial charge in [0, 0.05) is 39.3 Å². The van der Waals surface area contributed by atoms with Crippen LogP contribution in [0.5, 0.6) is 0 Å². The van der Waals surface area contributed by atoms with Crippen LogP contribution in [-0.4, -0.2) is 138 Å². The topological polar surface area (TPSA) is 40.7 Å². The van der Waals surface area contributed by atoms with Gasteiger partial charge in [-0.25, -0.2) is 0 Å². The lowest BCUT2D eigenvalue weighted by Gasteiger charge is -2.31. The lowest BCUT2D eigenvalue weighted by atomic mass is 10.2. The Balaban J connectivity index is 1.32. The molecule has 0 spiro atoms. The first-order valence-corrected chi connectivity index (χ1v) is 11.5. The third-order valence-electron chi connectivity index (χ3n) is 6.16. The maximum atomic E-state index is 5.47. The van der Waals surface area contributed by atoms with Crippen molar-refractivity contribution in [2.24, 2.45) is 0 Å². The molecule has 0 saturated carbocycles. The van der Waals surface area contributed by atoms with Crippen molar-refractivity contribution >= 4 is 0 Å². The molecule has 3 saturated heterocycles. The number of hydrogen-bond acceptors (Lipinski definition) is 7. The van der Waals surface area contributed by atoms with E-state index in [4.69, 9.17) is 14.2 Å². The van der Waals surface area contributed by atoms with Gasteiger partial charge in [-0.1, -0.05) is 0 Å². The van der Waals surface area contributed by atoms with E-state index in [-0.39, 0.29) is 0 Å². The highest BCUT2D eigenvalue weighted by Crippen LogP contribution is 2.05. The zero-order valence-corrected chi connectivity index (χ0v) is 17.9. The van der Waals surface area contributed by atoms with Crippen molar-refractivity contribution in [3.05, 3.63) is 0 Å². The van der Waals surface area contributed by atoms with E-state index in [1.807, 2.05) is 0 Å². The molecule has 164 valence electrons. The predicted molar refractivity (Wildman–Crippen MR) is 112 cm³/mol. The second-order valence-corrected chi connectivity index (χ2v) is 8.26. The molecule has 28 heavy (non-hydrogen) atoms. The molecule has 7 nitrogen and oxygen atoms in total. The summed E-state index contributed by atoms with van der Waals surface area (Å²) in [5.41, 5.74) is 0. The van der Waals surface area contributed by atoms with E-state index in [1.54, 1.807) is 0 Å². The summed E-state index contributed by atoms with van der Waals surface area (Å²) in [7, 11) is 0. The van der Waals surface area contributed by atoms with Crippen molar-refractivity contribution in [2.75, 3.05) is 118 Å². The molecule has 0 unspecified atom stereocenters. The number of nitrogens with zero attached hydrogens (tertiary/aromatic N) is 4. The first kappa shape index (κ1) is 22.4. The Labute approximate surface area is 171 Å². The van der Waals surface area contributed by atoms with Crippen LogP contribution in [-0.2, 0) is 14.2 Å². The standard InChI is InChI=1S/C21H42N4O3/c1(7-23-10-16-26-17-11-23)4-22(5-2-8-24-12-18-27-19-13-24)6-3-9-25-14-20-28-21-15-25/h1-21H2. The van der Waals surface area contributed by atoms with Crippen molar-refractivity contribution in [2.45, 2.75) is 19.3 Å². The number of morpholine rings is 3. The van der Waals surface area contributed by atoms with E-state index in [9.17, 15) is 0 Å². The largest absolute Gasteiger partial charge is 0.379 e. The number of ether oxygens (including phenoxy) is 3. The molecule has 7 heteroatoms. The maximum absolute atomic E-state index is 5.47. The van der Waals surface area contributed by atoms with Gasteiger partial charge in [0.2, 0.25) is 0 Å². The second-order valence-electron chi connectivity index (χ2n) is 8.26. The molecule has 0 bridgehead atoms. The molecule has 0 N–H and O–H groups in total. The Bertz CT molecular complexity index is 327. The first-order valence-electron chi connectivity index (χ1n) is 11.5. The van der Waals surface area contributed by atoms with Crippen molar-refractivity contribution in [3.63, 3.8) is 0 Å². The number of rotatable bonds is 12. The monoisotopic (exact) mass is 398 g/mol. The van der Waals surface area contributed by atoms with Gasteiger partial charge in [-0.2, -0.15) is 0 Å². The van der Waals surface area contributed by atoms with Gasteiger partial charge in [0.15, 0.2) is 0 Å². The normalized spacial score (nSPS) is 23.5. The summed E-state index contributed by atoms with van der Waals surface area (Å²) in [4.78, 5) is 10.4. The molecule has 0 amide bonds. The fraction of sp³-hybridized carbons (Fsp3) is 1.00. The van der Waals surface area contributed by atoms with Crippen molar-refractivity contribution in [3.8, 4) is 0 Å². The van der Waals surface area contributed by atoms with Crippen molar-refractivity contribution < 1.29 is 14.2 Å². The summed E-state index contributed by atoms with van der Waals surface area (Å²) in [5, 5.41) is 0. The molecule has 0 aliphatic carbocycles. The van der Waals surface area contributed by atoms with Gasteiger partial charge in [-0.15, -0.1) is 0 Å². The van der Waals surface area contributed by atoms with E-state index in [0.717, 1.165) is 78.9 Å². The molecule has 3 heterocycles. The van der Waals surface area contributed by atoms with Crippen LogP contribution >= 0.6 is 0 Å². The third-order valence-corrected chi connectivity index (χ3v) is 6.16. The zero-order valence-electron chi connectivity index (χ0n) is 17.9. The van der Waals surface area contributed by atoms with Crippen LogP contribution in [0, 0.1) is 0 Å². The zero-order chi connectivity index (χ0) is 19.3. The minimum Gasteiger partial charge on any atom is -0.379 e. The molecule has 3 aliphatic rings. The van der Waals surface area contributed by atoms with Crippen molar-refractivity contribution in [1.82, 2.24) is 19.6 Å². The molecular formula is C21H42N4O3. The summed E-state index contributed by atoms with van der Waals surface area (Å²) in [6, 6.07) is 0. The molecule has 3 fully saturated rings. The molecule has 3 aliphatic heterocycles. The minimum absolute atomic E-state index is 0.906. The van der Waals surface area contributed by atoms with E-state index in [2.05, 4.69) is 19.6 Å². The maximum Gasteiger partial charge on any atom is 0.0594 e. The van der Waals surface area contributed by atoms with Crippen LogP contribution in [0.15, 0.2) is 0 Å². The van der Waals surface area contributed by atoms with Crippen LogP contribution in [0.1, 0.15) is 19.3 Å². The Kier molecular flexibility index (Phi) is 11.1. The average Bonchev–Trinajstić information content (AvgIpc) is 2.76. The molecular weight excluding hydrogens is 356 g/mol. The van der Waals surface area contributed by atoms with Gasteiger partial charge in [0.25, 0.3) is 0 Å². The van der Waals surface area contributed by atoms with Crippen LogP contribution in [0.2, 0.25) is 0 Å².